The number of nitrogens with one attached hydrogen (secondary N) is 1. The Balaban J connectivity index is 1.78. The Kier molecular flexibility index (Phi) is 3.71. The van der Waals surface area contributed by atoms with E-state index in [1.165, 1.54) is 24.6 Å². The molecule has 1 N–H and O–H groups in total. The second-order valence-electron chi connectivity index (χ2n) is 6.74. The van der Waals surface area contributed by atoms with Crippen molar-refractivity contribution in [3.05, 3.63) is 35.5 Å². The molecule has 0 radical (unpaired) electrons. The van der Waals surface area contributed by atoms with Gasteiger partial charge in [-0.2, -0.15) is 0 Å². The Morgan fingerprint density at radius 2 is 2.17 bits per heavy atom. The monoisotopic (exact) mass is 322 g/mol. The van der Waals surface area contributed by atoms with E-state index in [0.717, 1.165) is 48.7 Å². The maximum Gasteiger partial charge on any atom is 0.226 e. The zero-order valence-corrected chi connectivity index (χ0v) is 14.2. The van der Waals surface area contributed by atoms with Gasteiger partial charge in [-0.05, 0) is 44.7 Å². The normalized spacial score (nSPS) is 18.9. The van der Waals surface area contributed by atoms with Crippen LogP contribution in [0.1, 0.15) is 37.9 Å². The molecule has 0 bridgehead atoms. The molecule has 0 spiro atoms. The molecule has 1 aliphatic carbocycles. The highest BCUT2D eigenvalue weighted by molar-refractivity contribution is 5.89. The highest BCUT2D eigenvalue weighted by atomic mass is 16.1. The summed E-state index contributed by atoms with van der Waals surface area (Å²) < 4.78 is 0. The molecule has 0 saturated carbocycles. The van der Waals surface area contributed by atoms with Crippen molar-refractivity contribution >= 4 is 17.5 Å². The molecule has 1 aromatic carbocycles. The van der Waals surface area contributed by atoms with Gasteiger partial charge >= 0.3 is 0 Å². The SMILES string of the molecule is CC(=O)Nc1cccc(-c2nc(N3CC[C@@H]3C)nc3c2CCC3)c1. The van der Waals surface area contributed by atoms with Crippen molar-refractivity contribution in [2.24, 2.45) is 0 Å². The van der Waals surface area contributed by atoms with Crippen molar-refractivity contribution in [2.75, 3.05) is 16.8 Å². The van der Waals surface area contributed by atoms with Gasteiger partial charge in [-0.15, -0.1) is 0 Å². The van der Waals surface area contributed by atoms with Gasteiger partial charge in [-0.1, -0.05) is 12.1 Å². The van der Waals surface area contributed by atoms with Crippen molar-refractivity contribution in [3.8, 4) is 11.3 Å². The van der Waals surface area contributed by atoms with Gasteiger partial charge in [0.2, 0.25) is 11.9 Å². The first kappa shape index (κ1) is 15.1. The molecular weight excluding hydrogens is 300 g/mol. The fraction of sp³-hybridized carbons (Fsp3) is 0.421. The van der Waals surface area contributed by atoms with Gasteiger partial charge in [0.15, 0.2) is 0 Å². The number of rotatable bonds is 3. The molecular formula is C19H22N4O. The van der Waals surface area contributed by atoms with E-state index in [9.17, 15) is 4.79 Å². The maximum atomic E-state index is 11.3. The van der Waals surface area contributed by atoms with E-state index in [-0.39, 0.29) is 5.91 Å². The van der Waals surface area contributed by atoms with Gasteiger partial charge in [0.05, 0.1) is 5.69 Å². The van der Waals surface area contributed by atoms with Crippen molar-refractivity contribution in [2.45, 2.75) is 45.6 Å². The van der Waals surface area contributed by atoms with E-state index in [2.05, 4.69) is 23.2 Å². The van der Waals surface area contributed by atoms with Crippen LogP contribution in [0.15, 0.2) is 24.3 Å². The largest absolute Gasteiger partial charge is 0.338 e. The first-order valence-electron chi connectivity index (χ1n) is 8.66. The number of carbonyl (C=O) groups is 1. The molecule has 24 heavy (non-hydrogen) atoms. The molecule has 5 nitrogen and oxygen atoms in total. The second kappa shape index (κ2) is 5.89. The lowest BCUT2D eigenvalue weighted by molar-refractivity contribution is -0.114. The summed E-state index contributed by atoms with van der Waals surface area (Å²) in [6.45, 7) is 4.78. The molecule has 2 aliphatic rings. The summed E-state index contributed by atoms with van der Waals surface area (Å²) in [7, 11) is 0. The number of hydrogen-bond donors (Lipinski definition) is 1. The van der Waals surface area contributed by atoms with Crippen LogP contribution in [0.3, 0.4) is 0 Å². The summed E-state index contributed by atoms with van der Waals surface area (Å²) in [5, 5.41) is 2.86. The van der Waals surface area contributed by atoms with Crippen molar-refractivity contribution in [1.82, 2.24) is 9.97 Å². The number of carbonyl (C=O) groups excluding carboxylic acids is 1. The van der Waals surface area contributed by atoms with Crippen molar-refractivity contribution in [1.29, 1.82) is 0 Å². The average Bonchev–Trinajstić information content (AvgIpc) is 3.00. The van der Waals surface area contributed by atoms with Gasteiger partial charge in [0.1, 0.15) is 0 Å². The maximum absolute atomic E-state index is 11.3. The van der Waals surface area contributed by atoms with Crippen LogP contribution in [0.5, 0.6) is 0 Å². The fourth-order valence-corrected chi connectivity index (χ4v) is 3.55. The number of amides is 1. The zero-order valence-electron chi connectivity index (χ0n) is 14.2. The van der Waals surface area contributed by atoms with Crippen LogP contribution >= 0.6 is 0 Å². The van der Waals surface area contributed by atoms with E-state index >= 15 is 0 Å². The standard InChI is InChI=1S/C19H22N4O/c1-12-9-10-23(12)19-21-17-8-4-7-16(17)18(22-19)14-5-3-6-15(11-14)20-13(2)24/h3,5-6,11-12H,4,7-10H2,1-2H3,(H,20,24)/t12-/m0/s1. The summed E-state index contributed by atoms with van der Waals surface area (Å²) in [6.07, 6.45) is 4.41. The second-order valence-corrected chi connectivity index (χ2v) is 6.74. The zero-order chi connectivity index (χ0) is 16.7. The number of nitrogens with zero attached hydrogens (tertiary/aromatic N) is 3. The van der Waals surface area contributed by atoms with E-state index in [1.54, 1.807) is 0 Å². The lowest BCUT2D eigenvalue weighted by Crippen LogP contribution is -2.46. The quantitative estimate of drug-likeness (QED) is 0.943. The Morgan fingerprint density at radius 1 is 1.29 bits per heavy atom. The predicted molar refractivity (Wildman–Crippen MR) is 95.2 cm³/mol. The minimum atomic E-state index is -0.0600. The summed E-state index contributed by atoms with van der Waals surface area (Å²) in [5.41, 5.74) is 5.35. The van der Waals surface area contributed by atoms with Crippen LogP contribution in [0.2, 0.25) is 0 Å². The van der Waals surface area contributed by atoms with Gasteiger partial charge in [0.25, 0.3) is 0 Å². The average molecular weight is 322 g/mol. The van der Waals surface area contributed by atoms with E-state index in [1.807, 2.05) is 18.2 Å². The molecule has 4 rings (SSSR count). The number of aromatic nitrogens is 2. The van der Waals surface area contributed by atoms with E-state index in [4.69, 9.17) is 9.97 Å². The minimum Gasteiger partial charge on any atom is -0.338 e. The summed E-state index contributed by atoms with van der Waals surface area (Å²) in [4.78, 5) is 23.3. The minimum absolute atomic E-state index is 0.0600. The Bertz CT molecular complexity index is 802. The predicted octanol–water partition coefficient (Wildman–Crippen LogP) is 3.19. The highest BCUT2D eigenvalue weighted by Gasteiger charge is 2.29. The lowest BCUT2D eigenvalue weighted by Gasteiger charge is -2.39. The number of aryl methyl sites for hydroxylation is 1. The molecule has 5 heteroatoms. The molecule has 1 atom stereocenters. The van der Waals surface area contributed by atoms with Gasteiger partial charge < -0.3 is 10.2 Å². The molecule has 1 fully saturated rings. The van der Waals surface area contributed by atoms with Crippen molar-refractivity contribution < 1.29 is 4.79 Å². The number of anilines is 2. The molecule has 2 heterocycles. The molecule has 0 unspecified atom stereocenters. The topological polar surface area (TPSA) is 58.1 Å². The molecule has 2 aromatic rings. The summed E-state index contributed by atoms with van der Waals surface area (Å²) in [6, 6.07) is 8.46. The van der Waals surface area contributed by atoms with Crippen LogP contribution in [0.25, 0.3) is 11.3 Å². The van der Waals surface area contributed by atoms with E-state index in [0.29, 0.717) is 6.04 Å². The Morgan fingerprint density at radius 3 is 2.88 bits per heavy atom. The van der Waals surface area contributed by atoms with Gasteiger partial charge in [-0.25, -0.2) is 9.97 Å². The van der Waals surface area contributed by atoms with Gasteiger partial charge in [0, 0.05) is 42.0 Å². The fourth-order valence-electron chi connectivity index (χ4n) is 3.55. The van der Waals surface area contributed by atoms with Gasteiger partial charge in [-0.3, -0.25) is 4.79 Å². The van der Waals surface area contributed by atoms with Crippen LogP contribution in [-0.2, 0) is 17.6 Å². The third kappa shape index (κ3) is 2.64. The number of hydrogen-bond acceptors (Lipinski definition) is 4. The Hall–Kier alpha value is -2.43. The molecule has 1 aromatic heterocycles. The first-order valence-corrected chi connectivity index (χ1v) is 8.66. The summed E-state index contributed by atoms with van der Waals surface area (Å²) in [5.74, 6) is 0.796. The lowest BCUT2D eigenvalue weighted by atomic mass is 10.0. The third-order valence-electron chi connectivity index (χ3n) is 4.95. The molecule has 1 aliphatic heterocycles. The number of fused-ring (bicyclic) bond motifs is 1. The Labute approximate surface area is 142 Å². The molecule has 1 saturated heterocycles. The van der Waals surface area contributed by atoms with Crippen LogP contribution < -0.4 is 10.2 Å². The van der Waals surface area contributed by atoms with Crippen LogP contribution in [-0.4, -0.2) is 28.5 Å². The number of benzene rings is 1. The van der Waals surface area contributed by atoms with Crippen molar-refractivity contribution in [3.63, 3.8) is 0 Å². The summed E-state index contributed by atoms with van der Waals surface area (Å²) >= 11 is 0. The smallest absolute Gasteiger partial charge is 0.226 e. The van der Waals surface area contributed by atoms with E-state index < -0.39 is 0 Å². The highest BCUT2D eigenvalue weighted by Crippen LogP contribution is 2.34. The first-order chi connectivity index (χ1) is 11.6. The van der Waals surface area contributed by atoms with Crippen LogP contribution in [0.4, 0.5) is 11.6 Å². The third-order valence-corrected chi connectivity index (χ3v) is 4.95. The van der Waals surface area contributed by atoms with Crippen LogP contribution in [0, 0.1) is 0 Å². The molecule has 124 valence electrons. The molecule has 1 amide bonds.